The van der Waals surface area contributed by atoms with Crippen molar-refractivity contribution in [3.63, 3.8) is 0 Å². The quantitative estimate of drug-likeness (QED) is 0.436. The van der Waals surface area contributed by atoms with Crippen LogP contribution < -0.4 is 10.2 Å². The van der Waals surface area contributed by atoms with Gasteiger partial charge in [0.05, 0.1) is 30.7 Å². The Morgan fingerprint density at radius 3 is 2.74 bits per heavy atom. The standard InChI is InChI=1S/C23H20F2N8OS/c24-23(25)12-33(13-23)21(34)18-9-15-6-8-32(11-19(15)35-18)22-26-7-5-20(29-22)28-16-3-1-14(2-4-16)17-10-27-31-30-17/h1-5,7,9-10H,6,8,11-13H2,(H,26,28,29)(H,27,30,31). The first-order valence-electron chi connectivity index (χ1n) is 11.0. The van der Waals surface area contributed by atoms with E-state index in [0.717, 1.165) is 33.8 Å². The van der Waals surface area contributed by atoms with Gasteiger partial charge in [-0.3, -0.25) is 4.79 Å². The molecule has 2 N–H and O–H groups in total. The predicted octanol–water partition coefficient (Wildman–Crippen LogP) is 3.72. The van der Waals surface area contributed by atoms with Crippen LogP contribution in [0.3, 0.4) is 0 Å². The lowest BCUT2D eigenvalue weighted by molar-refractivity contribution is -0.112. The number of H-pyrrole nitrogens is 1. The third-order valence-corrected chi connectivity index (χ3v) is 7.17. The van der Waals surface area contributed by atoms with E-state index in [2.05, 4.69) is 35.6 Å². The summed E-state index contributed by atoms with van der Waals surface area (Å²) in [6, 6.07) is 11.4. The van der Waals surface area contributed by atoms with Crippen LogP contribution in [-0.2, 0) is 13.0 Å². The number of halogens is 2. The maximum Gasteiger partial charge on any atom is 0.282 e. The SMILES string of the molecule is O=C(c1cc2c(s1)CN(c1nccc(Nc3ccc(-c4cn[nH]n4)cc3)n1)CC2)N1CC(F)(F)C1. The van der Waals surface area contributed by atoms with Crippen LogP contribution in [0.4, 0.5) is 26.2 Å². The molecule has 0 saturated carbocycles. The van der Waals surface area contributed by atoms with Crippen molar-refractivity contribution >= 4 is 34.7 Å². The fraction of sp³-hybridized carbons (Fsp3) is 0.261. The van der Waals surface area contributed by atoms with Gasteiger partial charge in [-0.25, -0.2) is 13.8 Å². The molecule has 1 saturated heterocycles. The summed E-state index contributed by atoms with van der Waals surface area (Å²) >= 11 is 1.37. The smallest absolute Gasteiger partial charge is 0.282 e. The third-order valence-electron chi connectivity index (χ3n) is 6.02. The second-order valence-electron chi connectivity index (χ2n) is 8.55. The van der Waals surface area contributed by atoms with Gasteiger partial charge in [0.15, 0.2) is 0 Å². The van der Waals surface area contributed by atoms with Crippen LogP contribution in [0.15, 0.2) is 48.8 Å². The number of fused-ring (bicyclic) bond motifs is 1. The Morgan fingerprint density at radius 1 is 1.17 bits per heavy atom. The van der Waals surface area contributed by atoms with Crippen LogP contribution in [0, 0.1) is 0 Å². The van der Waals surface area contributed by atoms with Gasteiger partial charge >= 0.3 is 0 Å². The molecular weight excluding hydrogens is 474 g/mol. The Balaban J connectivity index is 1.13. The zero-order chi connectivity index (χ0) is 24.0. The zero-order valence-electron chi connectivity index (χ0n) is 18.4. The maximum atomic E-state index is 13.2. The number of nitrogens with zero attached hydrogens (tertiary/aromatic N) is 6. The first kappa shape index (κ1) is 21.6. The second-order valence-corrected chi connectivity index (χ2v) is 9.68. The molecule has 0 spiro atoms. The molecule has 2 aliphatic rings. The summed E-state index contributed by atoms with van der Waals surface area (Å²) in [6.45, 7) is 0.266. The molecule has 0 radical (unpaired) electrons. The predicted molar refractivity (Wildman–Crippen MR) is 127 cm³/mol. The van der Waals surface area contributed by atoms with Gasteiger partial charge in [-0.2, -0.15) is 20.4 Å². The van der Waals surface area contributed by atoms with E-state index >= 15 is 0 Å². The molecule has 4 aromatic rings. The fourth-order valence-corrected chi connectivity index (χ4v) is 5.39. The van der Waals surface area contributed by atoms with Gasteiger partial charge in [-0.15, -0.1) is 11.3 Å². The lowest BCUT2D eigenvalue weighted by atomic mass is 10.1. The molecule has 0 unspecified atom stereocenters. The highest BCUT2D eigenvalue weighted by molar-refractivity contribution is 7.14. The summed E-state index contributed by atoms with van der Waals surface area (Å²) in [5, 5.41) is 13.8. The van der Waals surface area contributed by atoms with Crippen molar-refractivity contribution in [3.8, 4) is 11.3 Å². The summed E-state index contributed by atoms with van der Waals surface area (Å²) in [5.41, 5.74) is 3.68. The number of carbonyl (C=O) groups is 1. The molecule has 0 bridgehead atoms. The Hall–Kier alpha value is -3.93. The molecule has 1 fully saturated rings. The van der Waals surface area contributed by atoms with Crippen LogP contribution in [0.2, 0.25) is 0 Å². The number of carbonyl (C=O) groups excluding carboxylic acids is 1. The van der Waals surface area contributed by atoms with Gasteiger partial charge in [0.25, 0.3) is 11.8 Å². The molecule has 1 aromatic carbocycles. The summed E-state index contributed by atoms with van der Waals surface area (Å²) in [7, 11) is 0. The molecule has 1 amide bonds. The molecule has 12 heteroatoms. The number of rotatable bonds is 5. The first-order valence-corrected chi connectivity index (χ1v) is 11.9. The number of likely N-dealkylation sites (tertiary alicyclic amines) is 1. The van der Waals surface area contributed by atoms with Gasteiger partial charge in [0.2, 0.25) is 5.95 Å². The number of aromatic nitrogens is 5. The van der Waals surface area contributed by atoms with Crippen molar-refractivity contribution in [3.05, 3.63) is 64.1 Å². The molecule has 5 heterocycles. The lowest BCUT2D eigenvalue weighted by Crippen LogP contribution is -2.58. The summed E-state index contributed by atoms with van der Waals surface area (Å²) in [6.07, 6.45) is 4.11. The highest BCUT2D eigenvalue weighted by Gasteiger charge is 2.46. The average molecular weight is 495 g/mol. The maximum absolute atomic E-state index is 13.2. The van der Waals surface area contributed by atoms with E-state index in [1.54, 1.807) is 18.5 Å². The van der Waals surface area contributed by atoms with E-state index in [-0.39, 0.29) is 5.91 Å². The van der Waals surface area contributed by atoms with Gasteiger partial charge in [-0.1, -0.05) is 12.1 Å². The monoisotopic (exact) mass is 494 g/mol. The second kappa shape index (κ2) is 8.38. The number of aromatic amines is 1. The number of anilines is 3. The summed E-state index contributed by atoms with van der Waals surface area (Å²) in [5.74, 6) is -1.84. The molecule has 6 rings (SSSR count). The Morgan fingerprint density at radius 2 is 2.00 bits per heavy atom. The van der Waals surface area contributed by atoms with Crippen molar-refractivity contribution < 1.29 is 13.6 Å². The van der Waals surface area contributed by atoms with Crippen LogP contribution in [0.5, 0.6) is 0 Å². The molecule has 0 aliphatic carbocycles. The first-order chi connectivity index (χ1) is 16.9. The number of benzene rings is 1. The Bertz CT molecular complexity index is 1360. The Labute approximate surface area is 202 Å². The van der Waals surface area contributed by atoms with E-state index < -0.39 is 19.0 Å². The number of thiophene rings is 1. The zero-order valence-corrected chi connectivity index (χ0v) is 19.2. The minimum atomic E-state index is -2.77. The van der Waals surface area contributed by atoms with Crippen LogP contribution in [-0.4, -0.2) is 61.7 Å². The van der Waals surface area contributed by atoms with E-state index in [9.17, 15) is 13.6 Å². The van der Waals surface area contributed by atoms with Gasteiger partial charge in [0, 0.05) is 28.9 Å². The highest BCUT2D eigenvalue weighted by Crippen LogP contribution is 2.34. The van der Waals surface area contributed by atoms with E-state index in [1.807, 2.05) is 30.3 Å². The van der Waals surface area contributed by atoms with Crippen molar-refractivity contribution in [2.24, 2.45) is 0 Å². The lowest BCUT2D eigenvalue weighted by Gasteiger charge is -2.38. The van der Waals surface area contributed by atoms with Crippen LogP contribution in [0.1, 0.15) is 20.1 Å². The van der Waals surface area contributed by atoms with Gasteiger partial charge in [0.1, 0.15) is 11.5 Å². The Kier molecular flexibility index (Phi) is 5.17. The summed E-state index contributed by atoms with van der Waals surface area (Å²) < 4.78 is 26.3. The fourth-order valence-electron chi connectivity index (χ4n) is 4.19. The van der Waals surface area contributed by atoms with Crippen molar-refractivity contribution in [1.29, 1.82) is 0 Å². The molecule has 2 aliphatic heterocycles. The summed E-state index contributed by atoms with van der Waals surface area (Å²) in [4.78, 5) is 26.5. The highest BCUT2D eigenvalue weighted by atomic mass is 32.1. The average Bonchev–Trinajstić information content (AvgIpc) is 3.52. The molecule has 9 nitrogen and oxygen atoms in total. The topological polar surface area (TPSA) is 103 Å². The van der Waals surface area contributed by atoms with E-state index in [1.165, 1.54) is 16.2 Å². The largest absolute Gasteiger partial charge is 0.340 e. The number of hydrogen-bond acceptors (Lipinski definition) is 8. The number of nitrogens with one attached hydrogen (secondary N) is 2. The normalized spacial score (nSPS) is 16.5. The van der Waals surface area contributed by atoms with Crippen molar-refractivity contribution in [2.75, 3.05) is 29.9 Å². The number of hydrogen-bond donors (Lipinski definition) is 2. The minimum Gasteiger partial charge on any atom is -0.340 e. The number of alkyl halides is 2. The van der Waals surface area contributed by atoms with Gasteiger partial charge < -0.3 is 15.1 Å². The minimum absolute atomic E-state index is 0.320. The van der Waals surface area contributed by atoms with Gasteiger partial charge in [-0.05, 0) is 36.2 Å². The molecule has 0 atom stereocenters. The van der Waals surface area contributed by atoms with E-state index in [4.69, 9.17) is 0 Å². The molecule has 3 aromatic heterocycles. The van der Waals surface area contributed by atoms with Crippen molar-refractivity contribution in [1.82, 2.24) is 30.3 Å². The van der Waals surface area contributed by atoms with Crippen LogP contribution >= 0.6 is 11.3 Å². The number of amides is 1. The molecule has 35 heavy (non-hydrogen) atoms. The van der Waals surface area contributed by atoms with Crippen molar-refractivity contribution in [2.45, 2.75) is 18.9 Å². The molecule has 178 valence electrons. The third kappa shape index (κ3) is 4.32. The molecular formula is C23H20F2N8OS. The van der Waals surface area contributed by atoms with E-state index in [0.29, 0.717) is 29.7 Å². The van der Waals surface area contributed by atoms with Crippen LogP contribution in [0.25, 0.3) is 11.3 Å².